The second kappa shape index (κ2) is 25.3. The summed E-state index contributed by atoms with van der Waals surface area (Å²) in [6.07, 6.45) is 5.80. The number of aromatic nitrogens is 3. The number of anilines is 9. The number of hydrogen-bond acceptors (Lipinski definition) is 12. The van der Waals surface area contributed by atoms with E-state index < -0.39 is 23.1 Å². The van der Waals surface area contributed by atoms with E-state index in [1.807, 2.05) is 154 Å². The molecule has 0 unspecified atom stereocenters. The highest BCUT2D eigenvalue weighted by atomic mass is 32.1. The van der Waals surface area contributed by atoms with Crippen LogP contribution in [0.2, 0.25) is 0 Å². The van der Waals surface area contributed by atoms with Crippen molar-refractivity contribution in [2.45, 2.75) is 71.4 Å². The van der Waals surface area contributed by atoms with Gasteiger partial charge in [0.1, 0.15) is 33.7 Å². The molecule has 0 bridgehead atoms. The van der Waals surface area contributed by atoms with Gasteiger partial charge >= 0.3 is 12.1 Å². The van der Waals surface area contributed by atoms with Crippen LogP contribution in [-0.4, -0.2) is 51.5 Å². The van der Waals surface area contributed by atoms with E-state index in [-0.39, 0.29) is 29.2 Å². The van der Waals surface area contributed by atoms with Crippen molar-refractivity contribution in [2.75, 3.05) is 38.5 Å². The Hall–Kier alpha value is -8.52. The number of aryl methyl sites for hydroxylation is 1. The molecule has 1 saturated carbocycles. The second-order valence-corrected chi connectivity index (χ2v) is 22.7. The Morgan fingerprint density at radius 1 is 0.544 bits per heavy atom. The number of benzene rings is 7. The van der Waals surface area contributed by atoms with Crippen LogP contribution < -0.4 is 42.1 Å². The Morgan fingerprint density at radius 3 is 1.47 bits per heavy atom. The van der Waals surface area contributed by atoms with Gasteiger partial charge in [0.15, 0.2) is 15.4 Å². The summed E-state index contributed by atoms with van der Waals surface area (Å²) in [6.45, 7) is 7.32. The highest BCUT2D eigenvalue weighted by molar-refractivity contribution is 7.23. The van der Waals surface area contributed by atoms with Gasteiger partial charge in [-0.1, -0.05) is 132 Å². The van der Waals surface area contributed by atoms with Crippen molar-refractivity contribution in [3.8, 4) is 0 Å². The summed E-state index contributed by atoms with van der Waals surface area (Å²) >= 11 is 4.56. The van der Waals surface area contributed by atoms with Crippen LogP contribution in [0.1, 0.15) is 68.8 Å². The molecule has 19 heteroatoms. The molecule has 79 heavy (non-hydrogen) atoms. The Labute approximate surface area is 468 Å². The smallest absolute Gasteiger partial charge is 0.319 e. The lowest BCUT2D eigenvalue weighted by Crippen LogP contribution is -2.43. The van der Waals surface area contributed by atoms with E-state index in [1.54, 1.807) is 34.8 Å². The topological polar surface area (TPSA) is 177 Å². The van der Waals surface area contributed by atoms with E-state index in [0.717, 1.165) is 77.1 Å². The number of carbonyl (C=O) groups is 3. The van der Waals surface area contributed by atoms with Gasteiger partial charge in [0, 0.05) is 35.7 Å². The van der Waals surface area contributed by atoms with Crippen molar-refractivity contribution in [1.29, 1.82) is 0 Å². The number of para-hydroxylation sites is 6. The SMILES string of the molecule is CC(C)(C)NC(=O)Nc1cccc2sc(Nc3ccccc3)nc12.Cc1ccc(F)c(C(=O)N(C)c2cccc3sc(Nc4ccccc4)nc23)c1F.O=C(Nc1cccc2sc(Nc3ccccc3)nc12)NC1CCCCC1. The van der Waals surface area contributed by atoms with E-state index in [1.165, 1.54) is 55.5 Å². The van der Waals surface area contributed by atoms with E-state index in [0.29, 0.717) is 22.0 Å². The third kappa shape index (κ3) is 14.5. The van der Waals surface area contributed by atoms with Crippen molar-refractivity contribution in [2.24, 2.45) is 0 Å². The first-order valence-corrected chi connectivity index (χ1v) is 28.1. The number of rotatable bonds is 11. The maximum atomic E-state index is 14.4. The number of nitrogens with one attached hydrogen (secondary N) is 7. The number of carbonyl (C=O) groups excluding carboxylic acids is 3. The summed E-state index contributed by atoms with van der Waals surface area (Å²) < 4.78 is 31.6. The standard InChI is InChI=1S/C22H17F2N3OS.C20H22N4OS.C18H20N4OS/c1-13-11-12-15(23)18(19(13)24)21(28)27(2)16-9-6-10-17-20(16)26-22(29-17)25-14-7-4-3-5-8-14;25-19(21-14-8-3-1-4-9-14)23-16-12-7-13-17-18(16)24-20(26-17)22-15-10-5-2-6-11-15;1-18(2,3)22-16(23)20-13-10-7-11-14-15(13)21-17(24-14)19-12-8-5-4-6-9-12/h3-12H,1-2H3,(H,25,26);2,5-7,10-14H,1,3-4,8-9H2,(H,22,24)(H2,21,23,25);4-11H,1-3H3,(H,19,21)(H2,20,22,23). The minimum absolute atomic E-state index is 0.144. The lowest BCUT2D eigenvalue weighted by Gasteiger charge is -2.22. The third-order valence-corrected chi connectivity index (χ3v) is 15.2. The predicted octanol–water partition coefficient (Wildman–Crippen LogP) is 16.4. The number of nitrogens with zero attached hydrogens (tertiary/aromatic N) is 4. The monoisotopic (exact) mass is 1120 g/mol. The zero-order valence-electron chi connectivity index (χ0n) is 44.1. The summed E-state index contributed by atoms with van der Waals surface area (Å²) in [4.78, 5) is 52.5. The van der Waals surface area contributed by atoms with E-state index >= 15 is 0 Å². The van der Waals surface area contributed by atoms with Crippen molar-refractivity contribution < 1.29 is 23.2 Å². The highest BCUT2D eigenvalue weighted by Gasteiger charge is 2.25. The molecule has 3 aromatic heterocycles. The Morgan fingerprint density at radius 2 is 0.987 bits per heavy atom. The molecule has 14 nitrogen and oxygen atoms in total. The summed E-state index contributed by atoms with van der Waals surface area (Å²) in [5, 5.41) is 23.9. The Kier molecular flexibility index (Phi) is 17.7. The zero-order chi connectivity index (χ0) is 55.5. The molecule has 404 valence electrons. The van der Waals surface area contributed by atoms with Crippen LogP contribution >= 0.6 is 34.0 Å². The first-order valence-electron chi connectivity index (χ1n) is 25.7. The maximum absolute atomic E-state index is 14.4. The molecule has 10 aromatic rings. The average Bonchev–Trinajstić information content (AvgIpc) is 4.19. The van der Waals surface area contributed by atoms with E-state index in [2.05, 4.69) is 52.2 Å². The van der Waals surface area contributed by atoms with Gasteiger partial charge in [-0.25, -0.2) is 33.3 Å². The van der Waals surface area contributed by atoms with Crippen LogP contribution in [0.15, 0.2) is 158 Å². The van der Waals surface area contributed by atoms with Crippen molar-refractivity contribution in [3.63, 3.8) is 0 Å². The van der Waals surface area contributed by atoms with E-state index in [4.69, 9.17) is 0 Å². The first kappa shape index (κ1) is 55.2. The van der Waals surface area contributed by atoms with Crippen LogP contribution in [0.4, 0.5) is 67.9 Å². The summed E-state index contributed by atoms with van der Waals surface area (Å²) in [7, 11) is 1.49. The molecule has 1 aliphatic rings. The van der Waals surface area contributed by atoms with Gasteiger partial charge in [0.25, 0.3) is 5.91 Å². The van der Waals surface area contributed by atoms with Crippen LogP contribution in [0, 0.1) is 18.6 Å². The molecule has 0 radical (unpaired) electrons. The quantitative estimate of drug-likeness (QED) is 0.0664. The molecule has 5 amide bonds. The molecule has 7 N–H and O–H groups in total. The lowest BCUT2D eigenvalue weighted by atomic mass is 9.96. The number of hydrogen-bond donors (Lipinski definition) is 7. The maximum Gasteiger partial charge on any atom is 0.319 e. The van der Waals surface area contributed by atoms with Gasteiger partial charge < -0.3 is 42.1 Å². The minimum Gasteiger partial charge on any atom is -0.335 e. The number of amides is 5. The number of fused-ring (bicyclic) bond motifs is 3. The highest BCUT2D eigenvalue weighted by Crippen LogP contribution is 2.37. The van der Waals surface area contributed by atoms with Gasteiger partial charge in [-0.15, -0.1) is 0 Å². The van der Waals surface area contributed by atoms with Crippen LogP contribution in [0.3, 0.4) is 0 Å². The van der Waals surface area contributed by atoms with Crippen LogP contribution in [0.25, 0.3) is 30.6 Å². The summed E-state index contributed by atoms with van der Waals surface area (Å²) in [6, 6.07) is 48.8. The normalized spacial score (nSPS) is 12.3. The van der Waals surface area contributed by atoms with Gasteiger partial charge in [-0.05, 0) is 125 Å². The zero-order valence-corrected chi connectivity index (χ0v) is 46.6. The van der Waals surface area contributed by atoms with Gasteiger partial charge in [-0.3, -0.25) is 4.79 Å². The molecule has 7 aromatic carbocycles. The molecule has 11 rings (SSSR count). The first-order chi connectivity index (χ1) is 38.1. The van der Waals surface area contributed by atoms with Gasteiger partial charge in [0.2, 0.25) is 0 Å². The molecule has 0 saturated heterocycles. The summed E-state index contributed by atoms with van der Waals surface area (Å²) in [5.74, 6) is -2.50. The van der Waals surface area contributed by atoms with Crippen molar-refractivity contribution >= 4 is 132 Å². The largest absolute Gasteiger partial charge is 0.335 e. The molecule has 1 fully saturated rings. The Bertz CT molecular complexity index is 3720. The molecular weight excluding hydrogens is 1060 g/mol. The number of halogens is 2. The molecule has 1 aliphatic carbocycles. The Balaban J connectivity index is 0.000000144. The molecule has 0 atom stereocenters. The van der Waals surface area contributed by atoms with Crippen molar-refractivity contribution in [3.05, 3.63) is 180 Å². The average molecular weight is 1120 g/mol. The molecular formula is C60H59F2N11O3S3. The van der Waals surface area contributed by atoms with Crippen LogP contribution in [-0.2, 0) is 0 Å². The molecule has 0 spiro atoms. The fourth-order valence-corrected chi connectivity index (χ4v) is 11.3. The fraction of sp³-hybridized carbons (Fsp3) is 0.200. The predicted molar refractivity (Wildman–Crippen MR) is 323 cm³/mol. The summed E-state index contributed by atoms with van der Waals surface area (Å²) in [5.41, 5.74) is 6.32. The minimum atomic E-state index is -0.887. The lowest BCUT2D eigenvalue weighted by molar-refractivity contribution is 0.0984. The number of thiazole rings is 3. The fourth-order valence-electron chi connectivity index (χ4n) is 8.61. The third-order valence-electron chi connectivity index (χ3n) is 12.4. The van der Waals surface area contributed by atoms with Crippen LogP contribution in [0.5, 0.6) is 0 Å². The molecule has 0 aliphatic heterocycles. The van der Waals surface area contributed by atoms with E-state index in [9.17, 15) is 23.2 Å². The number of urea groups is 2. The van der Waals surface area contributed by atoms with Gasteiger partial charge in [-0.2, -0.15) is 0 Å². The van der Waals surface area contributed by atoms with Gasteiger partial charge in [0.05, 0.1) is 31.2 Å². The second-order valence-electron chi connectivity index (χ2n) is 19.6. The molecule has 3 heterocycles. The van der Waals surface area contributed by atoms with Crippen molar-refractivity contribution in [1.82, 2.24) is 25.6 Å².